The van der Waals surface area contributed by atoms with E-state index < -0.39 is 10.0 Å². The molecular formula is C20H22N2O3S2. The molecule has 0 spiro atoms. The lowest BCUT2D eigenvalue weighted by Gasteiger charge is -2.08. The number of nitrogens with two attached hydrogens (primary N) is 1. The zero-order valence-corrected chi connectivity index (χ0v) is 16.4. The molecule has 7 heteroatoms. The third-order valence-electron chi connectivity index (χ3n) is 4.06. The van der Waals surface area contributed by atoms with Crippen molar-refractivity contribution in [2.45, 2.75) is 24.5 Å². The number of nitrogens with one attached hydrogen (secondary N) is 1. The second-order valence-electron chi connectivity index (χ2n) is 6.13. The summed E-state index contributed by atoms with van der Waals surface area (Å²) in [7, 11) is -3.63. The Morgan fingerprint density at radius 3 is 2.30 bits per heavy atom. The number of sulfonamides is 1. The van der Waals surface area contributed by atoms with Gasteiger partial charge in [-0.2, -0.15) is 0 Å². The van der Waals surface area contributed by atoms with Crippen molar-refractivity contribution < 1.29 is 13.2 Å². The summed E-state index contributed by atoms with van der Waals surface area (Å²) >= 11 is 1.69. The number of benzene rings is 2. The molecule has 0 saturated carbocycles. The first-order valence-electron chi connectivity index (χ1n) is 8.57. The van der Waals surface area contributed by atoms with Crippen LogP contribution in [0.15, 0.2) is 70.9 Å². The summed E-state index contributed by atoms with van der Waals surface area (Å²) < 4.78 is 28.2. The van der Waals surface area contributed by atoms with E-state index in [9.17, 15) is 8.42 Å². The Hall–Kier alpha value is -2.19. The molecule has 0 unspecified atom stereocenters. The molecule has 2 aromatic carbocycles. The van der Waals surface area contributed by atoms with Gasteiger partial charge in [-0.15, -0.1) is 11.3 Å². The first-order chi connectivity index (χ1) is 13.0. The van der Waals surface area contributed by atoms with Crippen LogP contribution in [0.5, 0.6) is 5.75 Å². The molecule has 3 N–H and O–H groups in total. The summed E-state index contributed by atoms with van der Waals surface area (Å²) in [4.78, 5) is 1.35. The van der Waals surface area contributed by atoms with Crippen LogP contribution in [-0.4, -0.2) is 15.0 Å². The summed E-state index contributed by atoms with van der Waals surface area (Å²) in [5, 5.41) is 10.5. The minimum atomic E-state index is -3.63. The molecular weight excluding hydrogens is 380 g/mol. The molecule has 0 fully saturated rings. The van der Waals surface area contributed by atoms with Crippen molar-refractivity contribution in [3.63, 3.8) is 0 Å². The van der Waals surface area contributed by atoms with Crippen LogP contribution in [-0.2, 0) is 29.6 Å². The molecule has 0 amide bonds. The lowest BCUT2D eigenvalue weighted by atomic mass is 10.1. The van der Waals surface area contributed by atoms with Gasteiger partial charge >= 0.3 is 0 Å². The molecule has 3 rings (SSSR count). The van der Waals surface area contributed by atoms with E-state index in [1.165, 1.54) is 10.4 Å². The third-order valence-corrected chi connectivity index (χ3v) is 5.84. The predicted molar refractivity (Wildman–Crippen MR) is 108 cm³/mol. The van der Waals surface area contributed by atoms with Crippen molar-refractivity contribution in [3.05, 3.63) is 82.0 Å². The maximum absolute atomic E-state index is 11.2. The molecule has 0 aliphatic rings. The van der Waals surface area contributed by atoms with Gasteiger partial charge < -0.3 is 10.1 Å². The number of hydrogen-bond acceptors (Lipinski definition) is 5. The smallest absolute Gasteiger partial charge is 0.238 e. The van der Waals surface area contributed by atoms with E-state index in [1.54, 1.807) is 35.6 Å². The van der Waals surface area contributed by atoms with Gasteiger partial charge in [-0.05, 0) is 59.8 Å². The van der Waals surface area contributed by atoms with Gasteiger partial charge in [0.2, 0.25) is 10.0 Å². The second-order valence-corrected chi connectivity index (χ2v) is 8.72. The van der Waals surface area contributed by atoms with Gasteiger partial charge in [0.05, 0.1) is 4.90 Å². The molecule has 1 heterocycles. The average Bonchev–Trinajstić information content (AvgIpc) is 3.18. The summed E-state index contributed by atoms with van der Waals surface area (Å²) in [6.45, 7) is 2.16. The van der Waals surface area contributed by atoms with E-state index in [4.69, 9.17) is 9.88 Å². The molecule has 5 nitrogen and oxygen atoms in total. The first kappa shape index (κ1) is 19.6. The van der Waals surface area contributed by atoms with E-state index in [0.717, 1.165) is 30.8 Å². The highest BCUT2D eigenvalue weighted by Gasteiger charge is 2.06. The molecule has 0 bridgehead atoms. The number of primary sulfonamides is 1. The van der Waals surface area contributed by atoms with E-state index in [0.29, 0.717) is 6.61 Å². The van der Waals surface area contributed by atoms with Crippen LogP contribution in [0, 0.1) is 0 Å². The highest BCUT2D eigenvalue weighted by Crippen LogP contribution is 2.16. The molecule has 1 aromatic heterocycles. The zero-order valence-electron chi connectivity index (χ0n) is 14.8. The SMILES string of the molecule is NS(=O)(=O)c1ccc(CCNCc2ccc(OCc3cccs3)cc2)cc1. The Bertz CT molecular complexity index is 936. The van der Waals surface area contributed by atoms with Crippen molar-refractivity contribution >= 4 is 21.4 Å². The van der Waals surface area contributed by atoms with Crippen LogP contribution in [0.25, 0.3) is 0 Å². The number of thiophene rings is 1. The maximum atomic E-state index is 11.2. The Balaban J connectivity index is 1.40. The largest absolute Gasteiger partial charge is 0.488 e. The molecule has 3 aromatic rings. The first-order valence-corrected chi connectivity index (χ1v) is 11.0. The van der Waals surface area contributed by atoms with Crippen LogP contribution in [0.2, 0.25) is 0 Å². The molecule has 0 aliphatic carbocycles. The van der Waals surface area contributed by atoms with Crippen molar-refractivity contribution in [2.24, 2.45) is 5.14 Å². The minimum Gasteiger partial charge on any atom is -0.488 e. The van der Waals surface area contributed by atoms with Crippen molar-refractivity contribution in [1.82, 2.24) is 5.32 Å². The summed E-state index contributed by atoms with van der Waals surface area (Å²) in [6.07, 6.45) is 0.812. The zero-order chi connectivity index (χ0) is 19.1. The van der Waals surface area contributed by atoms with Gasteiger partial charge in [0.1, 0.15) is 12.4 Å². The van der Waals surface area contributed by atoms with Gasteiger partial charge in [-0.25, -0.2) is 13.6 Å². The van der Waals surface area contributed by atoms with E-state index >= 15 is 0 Å². The second kappa shape index (κ2) is 9.14. The standard InChI is InChI=1S/C20H22N2O3S2/c21-27(23,24)20-9-5-16(6-10-20)11-12-22-14-17-3-7-18(8-4-17)25-15-19-2-1-13-26-19/h1-10,13,22H,11-12,14-15H2,(H2,21,23,24). The molecule has 0 saturated heterocycles. The number of hydrogen-bond donors (Lipinski definition) is 2. The minimum absolute atomic E-state index is 0.139. The maximum Gasteiger partial charge on any atom is 0.238 e. The highest BCUT2D eigenvalue weighted by molar-refractivity contribution is 7.89. The van der Waals surface area contributed by atoms with Gasteiger partial charge in [0.15, 0.2) is 0 Å². The third kappa shape index (κ3) is 6.18. The van der Waals surface area contributed by atoms with Gasteiger partial charge in [0.25, 0.3) is 0 Å². The van der Waals surface area contributed by atoms with Crippen LogP contribution < -0.4 is 15.2 Å². The average molecular weight is 403 g/mol. The van der Waals surface area contributed by atoms with Crippen molar-refractivity contribution in [3.8, 4) is 5.75 Å². The van der Waals surface area contributed by atoms with Crippen molar-refractivity contribution in [2.75, 3.05) is 6.54 Å². The number of rotatable bonds is 9. The van der Waals surface area contributed by atoms with E-state index in [1.807, 2.05) is 23.6 Å². The quantitative estimate of drug-likeness (QED) is 0.538. The molecule has 142 valence electrons. The van der Waals surface area contributed by atoms with E-state index in [-0.39, 0.29) is 4.90 Å². The molecule has 0 aliphatic heterocycles. The Labute approximate surface area is 163 Å². The van der Waals surface area contributed by atoms with Crippen LogP contribution >= 0.6 is 11.3 Å². The van der Waals surface area contributed by atoms with Gasteiger partial charge in [0, 0.05) is 11.4 Å². The normalized spacial score (nSPS) is 11.4. The van der Waals surface area contributed by atoms with Crippen LogP contribution in [0.1, 0.15) is 16.0 Å². The fourth-order valence-electron chi connectivity index (χ4n) is 2.56. The molecule has 0 radical (unpaired) electrons. The summed E-state index contributed by atoms with van der Waals surface area (Å²) in [5.74, 6) is 0.863. The molecule has 0 atom stereocenters. The van der Waals surface area contributed by atoms with E-state index in [2.05, 4.69) is 23.5 Å². The van der Waals surface area contributed by atoms with Crippen LogP contribution in [0.4, 0.5) is 0 Å². The predicted octanol–water partition coefficient (Wildman–Crippen LogP) is 3.31. The highest BCUT2D eigenvalue weighted by atomic mass is 32.2. The number of ether oxygens (including phenoxy) is 1. The lowest BCUT2D eigenvalue weighted by molar-refractivity contribution is 0.309. The Morgan fingerprint density at radius 2 is 1.67 bits per heavy atom. The summed E-state index contributed by atoms with van der Waals surface area (Å²) in [5.41, 5.74) is 2.25. The van der Waals surface area contributed by atoms with Gasteiger partial charge in [-0.1, -0.05) is 30.3 Å². The Morgan fingerprint density at radius 1 is 0.963 bits per heavy atom. The Kier molecular flexibility index (Phi) is 6.63. The molecule has 27 heavy (non-hydrogen) atoms. The van der Waals surface area contributed by atoms with Crippen molar-refractivity contribution in [1.29, 1.82) is 0 Å². The fraction of sp³-hybridized carbons (Fsp3) is 0.200. The monoisotopic (exact) mass is 402 g/mol. The lowest BCUT2D eigenvalue weighted by Crippen LogP contribution is -2.17. The summed E-state index contributed by atoms with van der Waals surface area (Å²) in [6, 6.07) is 18.8. The fourth-order valence-corrected chi connectivity index (χ4v) is 3.70. The van der Waals surface area contributed by atoms with Gasteiger partial charge in [-0.3, -0.25) is 0 Å². The van der Waals surface area contributed by atoms with Crippen LogP contribution in [0.3, 0.4) is 0 Å². The topological polar surface area (TPSA) is 81.4 Å².